The normalized spacial score (nSPS) is 10.7. The predicted molar refractivity (Wildman–Crippen MR) is 84.0 cm³/mol. The average Bonchev–Trinajstić information content (AvgIpc) is 2.52. The van der Waals surface area contributed by atoms with Crippen molar-refractivity contribution in [2.24, 2.45) is 0 Å². The molecule has 5 heteroatoms. The first-order chi connectivity index (χ1) is 11.1. The van der Waals surface area contributed by atoms with Crippen molar-refractivity contribution in [3.8, 4) is 0 Å². The van der Waals surface area contributed by atoms with Crippen molar-refractivity contribution in [3.63, 3.8) is 0 Å². The summed E-state index contributed by atoms with van der Waals surface area (Å²) in [5.74, 6) is -2.53. The van der Waals surface area contributed by atoms with Crippen LogP contribution in [0.1, 0.15) is 21.6 Å². The Bertz CT molecular complexity index is 873. The summed E-state index contributed by atoms with van der Waals surface area (Å²) in [7, 11) is 0. The lowest BCUT2D eigenvalue weighted by Gasteiger charge is -2.10. The van der Waals surface area contributed by atoms with E-state index in [1.54, 1.807) is 0 Å². The first-order valence-electron chi connectivity index (χ1n) is 7.14. The average molecular weight is 312 g/mol. The monoisotopic (exact) mass is 312 g/mol. The Hall–Kier alpha value is -2.82. The molecule has 0 radical (unpaired) electrons. The number of carbonyl (C=O) groups excluding carboxylic acids is 1. The lowest BCUT2D eigenvalue weighted by molar-refractivity contribution is 0.0942. The summed E-state index contributed by atoms with van der Waals surface area (Å²) in [4.78, 5) is 16.5. The molecule has 1 heterocycles. The van der Waals surface area contributed by atoms with Gasteiger partial charge in [0.25, 0.3) is 5.91 Å². The summed E-state index contributed by atoms with van der Waals surface area (Å²) >= 11 is 0. The fourth-order valence-corrected chi connectivity index (χ4v) is 2.52. The summed E-state index contributed by atoms with van der Waals surface area (Å²) in [6.45, 7) is 2.02. The molecular weight excluding hydrogens is 298 g/mol. The molecule has 3 rings (SSSR count). The van der Waals surface area contributed by atoms with Gasteiger partial charge in [0.1, 0.15) is 17.2 Å². The number of aromatic nitrogens is 1. The largest absolute Gasteiger partial charge is 0.348 e. The zero-order valence-electron chi connectivity index (χ0n) is 12.4. The van der Waals surface area contributed by atoms with E-state index in [0.29, 0.717) is 0 Å². The van der Waals surface area contributed by atoms with Gasteiger partial charge in [0, 0.05) is 17.6 Å². The van der Waals surface area contributed by atoms with E-state index in [0.717, 1.165) is 34.3 Å². The van der Waals surface area contributed by atoms with E-state index in [1.807, 2.05) is 37.3 Å². The van der Waals surface area contributed by atoms with Gasteiger partial charge in [-0.25, -0.2) is 8.78 Å². The predicted octanol–water partition coefficient (Wildman–Crippen LogP) is 3.75. The first kappa shape index (κ1) is 15.1. The van der Waals surface area contributed by atoms with Crippen LogP contribution in [0.3, 0.4) is 0 Å². The maximum atomic E-state index is 13.6. The van der Waals surface area contributed by atoms with Gasteiger partial charge in [0.15, 0.2) is 0 Å². The van der Waals surface area contributed by atoms with Crippen LogP contribution in [-0.4, -0.2) is 10.9 Å². The van der Waals surface area contributed by atoms with Gasteiger partial charge in [-0.05, 0) is 36.8 Å². The van der Waals surface area contributed by atoms with Gasteiger partial charge in [-0.2, -0.15) is 0 Å². The topological polar surface area (TPSA) is 42.0 Å². The van der Waals surface area contributed by atoms with E-state index in [1.165, 1.54) is 6.07 Å². The molecule has 0 aliphatic carbocycles. The maximum Gasteiger partial charge on any atom is 0.257 e. The molecule has 1 aromatic heterocycles. The first-order valence-corrected chi connectivity index (χ1v) is 7.14. The molecule has 23 heavy (non-hydrogen) atoms. The van der Waals surface area contributed by atoms with Crippen LogP contribution in [0.5, 0.6) is 0 Å². The number of fused-ring (bicyclic) bond motifs is 1. The quantitative estimate of drug-likeness (QED) is 0.800. The molecule has 3 nitrogen and oxygen atoms in total. The minimum Gasteiger partial charge on any atom is -0.348 e. The number of rotatable bonds is 3. The van der Waals surface area contributed by atoms with Gasteiger partial charge in [0.2, 0.25) is 0 Å². The Morgan fingerprint density at radius 1 is 1.09 bits per heavy atom. The van der Waals surface area contributed by atoms with Crippen LogP contribution in [0.25, 0.3) is 10.9 Å². The molecule has 0 bridgehead atoms. The number of hydrogen-bond donors (Lipinski definition) is 1. The molecule has 0 saturated heterocycles. The molecule has 0 aliphatic heterocycles. The van der Waals surface area contributed by atoms with Gasteiger partial charge in [-0.15, -0.1) is 0 Å². The lowest BCUT2D eigenvalue weighted by Crippen LogP contribution is -2.25. The molecule has 0 fully saturated rings. The van der Waals surface area contributed by atoms with Crippen LogP contribution in [-0.2, 0) is 6.54 Å². The van der Waals surface area contributed by atoms with Gasteiger partial charge in [-0.3, -0.25) is 9.78 Å². The molecule has 2 aromatic carbocycles. The molecule has 0 atom stereocenters. The van der Waals surface area contributed by atoms with Crippen molar-refractivity contribution < 1.29 is 13.6 Å². The zero-order valence-corrected chi connectivity index (χ0v) is 12.4. The number of amides is 1. The maximum absolute atomic E-state index is 13.6. The summed E-state index contributed by atoms with van der Waals surface area (Å²) < 4.78 is 27.3. The summed E-state index contributed by atoms with van der Waals surface area (Å²) in [6.07, 6.45) is 0. The molecule has 1 N–H and O–H groups in total. The van der Waals surface area contributed by atoms with Crippen LogP contribution in [0.2, 0.25) is 0 Å². The van der Waals surface area contributed by atoms with Crippen molar-refractivity contribution in [1.82, 2.24) is 10.3 Å². The summed E-state index contributed by atoms with van der Waals surface area (Å²) in [6, 6.07) is 12.7. The molecule has 116 valence electrons. The van der Waals surface area contributed by atoms with E-state index in [2.05, 4.69) is 10.3 Å². The number of nitrogens with one attached hydrogen (secondary N) is 1. The second-order valence-corrected chi connectivity index (χ2v) is 5.22. The molecule has 3 aromatic rings. The standard InChI is InChI=1S/C18H14F2N2O/c1-11-9-12(13-5-2-3-8-16(13)22-11)10-21-18(23)17-14(19)6-4-7-15(17)20/h2-9H,10H2,1H3,(H,21,23). The second-order valence-electron chi connectivity index (χ2n) is 5.22. The van der Waals surface area contributed by atoms with E-state index in [-0.39, 0.29) is 6.54 Å². The fraction of sp³-hybridized carbons (Fsp3) is 0.111. The Labute approximate surface area is 132 Å². The van der Waals surface area contributed by atoms with Gasteiger partial charge >= 0.3 is 0 Å². The highest BCUT2D eigenvalue weighted by Crippen LogP contribution is 2.18. The van der Waals surface area contributed by atoms with Crippen molar-refractivity contribution in [1.29, 1.82) is 0 Å². The van der Waals surface area contributed by atoms with Crippen LogP contribution < -0.4 is 5.32 Å². The van der Waals surface area contributed by atoms with Gasteiger partial charge < -0.3 is 5.32 Å². The van der Waals surface area contributed by atoms with Gasteiger partial charge in [0.05, 0.1) is 5.52 Å². The zero-order chi connectivity index (χ0) is 16.4. The Morgan fingerprint density at radius 3 is 2.52 bits per heavy atom. The third-order valence-electron chi connectivity index (χ3n) is 3.56. The van der Waals surface area contributed by atoms with Crippen LogP contribution >= 0.6 is 0 Å². The molecule has 1 amide bonds. The molecule has 0 spiro atoms. The van der Waals surface area contributed by atoms with Crippen molar-refractivity contribution >= 4 is 16.8 Å². The molecule has 0 unspecified atom stereocenters. The second kappa shape index (κ2) is 6.12. The van der Waals surface area contributed by atoms with Crippen molar-refractivity contribution in [3.05, 3.63) is 77.0 Å². The van der Waals surface area contributed by atoms with Gasteiger partial charge in [-0.1, -0.05) is 24.3 Å². The summed E-state index contributed by atoms with van der Waals surface area (Å²) in [5, 5.41) is 3.47. The lowest BCUT2D eigenvalue weighted by atomic mass is 10.1. The number of para-hydroxylation sites is 1. The van der Waals surface area contributed by atoms with Crippen LogP contribution in [0.15, 0.2) is 48.5 Å². The van der Waals surface area contributed by atoms with E-state index in [4.69, 9.17) is 0 Å². The Balaban J connectivity index is 1.88. The molecular formula is C18H14F2N2O. The highest BCUT2D eigenvalue weighted by atomic mass is 19.1. The molecule has 0 saturated carbocycles. The van der Waals surface area contributed by atoms with Crippen molar-refractivity contribution in [2.75, 3.05) is 0 Å². The van der Waals surface area contributed by atoms with Crippen LogP contribution in [0, 0.1) is 18.6 Å². The smallest absolute Gasteiger partial charge is 0.257 e. The number of aryl methyl sites for hydroxylation is 1. The number of carbonyl (C=O) groups is 1. The van der Waals surface area contributed by atoms with Crippen LogP contribution in [0.4, 0.5) is 8.78 Å². The number of halogens is 2. The fourth-order valence-electron chi connectivity index (χ4n) is 2.52. The Kier molecular flexibility index (Phi) is 4.02. The number of pyridine rings is 1. The minimum absolute atomic E-state index is 0.163. The highest BCUT2D eigenvalue weighted by Gasteiger charge is 2.17. The number of hydrogen-bond acceptors (Lipinski definition) is 2. The summed E-state index contributed by atoms with van der Waals surface area (Å²) in [5.41, 5.74) is 1.90. The highest BCUT2D eigenvalue weighted by molar-refractivity contribution is 5.95. The SMILES string of the molecule is Cc1cc(CNC(=O)c2c(F)cccc2F)c2ccccc2n1. The Morgan fingerprint density at radius 2 is 1.78 bits per heavy atom. The van der Waals surface area contributed by atoms with E-state index >= 15 is 0 Å². The van der Waals surface area contributed by atoms with E-state index in [9.17, 15) is 13.6 Å². The van der Waals surface area contributed by atoms with E-state index < -0.39 is 23.1 Å². The number of benzene rings is 2. The number of nitrogens with zero attached hydrogens (tertiary/aromatic N) is 1. The third kappa shape index (κ3) is 3.04. The third-order valence-corrected chi connectivity index (χ3v) is 3.56. The molecule has 0 aliphatic rings. The van der Waals surface area contributed by atoms with Crippen molar-refractivity contribution in [2.45, 2.75) is 13.5 Å². The minimum atomic E-state index is -0.877.